The van der Waals surface area contributed by atoms with Crippen molar-refractivity contribution in [2.45, 2.75) is 51.3 Å². The Balaban J connectivity index is 1.34. The van der Waals surface area contributed by atoms with Crippen LogP contribution in [0.5, 0.6) is 0 Å². The van der Waals surface area contributed by atoms with Crippen molar-refractivity contribution in [2.24, 2.45) is 5.92 Å². The third kappa shape index (κ3) is 5.97. The summed E-state index contributed by atoms with van der Waals surface area (Å²) in [6.45, 7) is 9.82. The van der Waals surface area contributed by atoms with E-state index in [9.17, 15) is 10.5 Å². The first-order valence-corrected chi connectivity index (χ1v) is 18.0. The molecule has 1 fully saturated rings. The van der Waals surface area contributed by atoms with E-state index < -0.39 is 8.07 Å². The molecule has 1 aromatic carbocycles. The number of rotatable bonds is 10. The summed E-state index contributed by atoms with van der Waals surface area (Å²) in [6.07, 6.45) is 8.66. The summed E-state index contributed by atoms with van der Waals surface area (Å²) in [4.78, 5) is 11.4. The van der Waals surface area contributed by atoms with Gasteiger partial charge in [-0.15, -0.1) is 0 Å². The number of aromatic nitrogens is 5. The lowest BCUT2D eigenvalue weighted by atomic mass is 9.96. The van der Waals surface area contributed by atoms with Crippen molar-refractivity contribution in [1.29, 1.82) is 10.5 Å². The standard InChI is InChI=1S/C29H33BrN8OSi/c1-40(2,3)14-13-39-20-37-12-9-23-28(33-19-34-29(23)37)22-16-35-38(18-22)26(7-10-31)21-8-11-36(17-21)27-6-4-5-25(30)24(27)15-32/h4-6,9,12,16,18-19,21,26H,7-8,11,13-14,17,20H2,1-3H3/t21?,26-/m0/s1. The Kier molecular flexibility index (Phi) is 8.36. The zero-order valence-corrected chi connectivity index (χ0v) is 25.7. The number of ether oxygens (including phenoxy) is 1. The van der Waals surface area contributed by atoms with Crippen molar-refractivity contribution in [2.75, 3.05) is 24.6 Å². The first kappa shape index (κ1) is 28.0. The Morgan fingerprint density at radius 2 is 2.05 bits per heavy atom. The van der Waals surface area contributed by atoms with Crippen LogP contribution in [0.4, 0.5) is 5.69 Å². The van der Waals surface area contributed by atoms with Gasteiger partial charge in [-0.3, -0.25) is 4.68 Å². The summed E-state index contributed by atoms with van der Waals surface area (Å²) in [5.41, 5.74) is 4.10. The van der Waals surface area contributed by atoms with Gasteiger partial charge in [0.1, 0.15) is 24.8 Å². The molecular weight excluding hydrogens is 584 g/mol. The molecule has 0 spiro atoms. The van der Waals surface area contributed by atoms with Gasteiger partial charge in [-0.25, -0.2) is 9.97 Å². The fourth-order valence-corrected chi connectivity index (χ4v) is 6.50. The summed E-state index contributed by atoms with van der Waals surface area (Å²) in [6, 6.07) is 13.6. The SMILES string of the molecule is C[Si](C)(C)CCOCn1ccc2c(-c3cnn([C@@H](CC#N)C4CCN(c5cccc(Br)c5C#N)C4)c3)ncnc21. The van der Waals surface area contributed by atoms with Crippen LogP contribution >= 0.6 is 15.9 Å². The van der Waals surface area contributed by atoms with E-state index in [1.807, 2.05) is 52.1 Å². The van der Waals surface area contributed by atoms with E-state index in [1.165, 1.54) is 0 Å². The maximum atomic E-state index is 9.69. The molecule has 0 amide bonds. The predicted octanol–water partition coefficient (Wildman–Crippen LogP) is 6.22. The maximum absolute atomic E-state index is 9.69. The van der Waals surface area contributed by atoms with Crippen LogP contribution in [-0.2, 0) is 11.5 Å². The first-order valence-electron chi connectivity index (χ1n) is 13.5. The molecule has 0 radical (unpaired) electrons. The molecule has 0 aliphatic carbocycles. The summed E-state index contributed by atoms with van der Waals surface area (Å²) in [5.74, 6) is 0.220. The van der Waals surface area contributed by atoms with Crippen LogP contribution in [0.15, 0.2) is 53.7 Å². The number of nitriles is 2. The van der Waals surface area contributed by atoms with Gasteiger partial charge in [-0.1, -0.05) is 25.7 Å². The van der Waals surface area contributed by atoms with Crippen LogP contribution in [0.25, 0.3) is 22.3 Å². The molecule has 4 heterocycles. The van der Waals surface area contributed by atoms with Crippen molar-refractivity contribution in [3.63, 3.8) is 0 Å². The molecule has 3 aromatic heterocycles. The van der Waals surface area contributed by atoms with E-state index in [-0.39, 0.29) is 12.0 Å². The minimum absolute atomic E-state index is 0.0804. The molecule has 4 aromatic rings. The molecule has 5 rings (SSSR count). The Hall–Kier alpha value is -3.51. The molecule has 1 aliphatic rings. The molecule has 40 heavy (non-hydrogen) atoms. The average molecular weight is 618 g/mol. The minimum Gasteiger partial charge on any atom is -0.370 e. The number of hydrogen-bond donors (Lipinski definition) is 0. The molecule has 0 saturated carbocycles. The van der Waals surface area contributed by atoms with Gasteiger partial charge in [0.25, 0.3) is 0 Å². The summed E-state index contributed by atoms with van der Waals surface area (Å²) in [7, 11) is -1.14. The highest BCUT2D eigenvalue weighted by molar-refractivity contribution is 9.10. The van der Waals surface area contributed by atoms with Crippen LogP contribution in [0, 0.1) is 28.6 Å². The lowest BCUT2D eigenvalue weighted by Crippen LogP contribution is -2.25. The summed E-state index contributed by atoms with van der Waals surface area (Å²) < 4.78 is 10.7. The fourth-order valence-electron chi connectivity index (χ4n) is 5.30. The van der Waals surface area contributed by atoms with Gasteiger partial charge in [-0.2, -0.15) is 15.6 Å². The molecule has 0 bridgehead atoms. The van der Waals surface area contributed by atoms with E-state index in [2.05, 4.69) is 62.6 Å². The highest BCUT2D eigenvalue weighted by atomic mass is 79.9. The van der Waals surface area contributed by atoms with Crippen LogP contribution in [0.1, 0.15) is 24.4 Å². The molecular formula is C29H33BrN8OSi. The molecule has 1 aliphatic heterocycles. The number of fused-ring (bicyclic) bond motifs is 1. The predicted molar refractivity (Wildman–Crippen MR) is 161 cm³/mol. The number of anilines is 1. The van der Waals surface area contributed by atoms with Crippen LogP contribution in [-0.4, -0.2) is 52.1 Å². The van der Waals surface area contributed by atoms with E-state index in [4.69, 9.17) is 9.84 Å². The van der Waals surface area contributed by atoms with Crippen molar-refractivity contribution in [3.8, 4) is 23.4 Å². The quantitative estimate of drug-likeness (QED) is 0.154. The van der Waals surface area contributed by atoms with Gasteiger partial charge in [-0.05, 0) is 46.6 Å². The highest BCUT2D eigenvalue weighted by Crippen LogP contribution is 2.36. The molecule has 206 valence electrons. The Morgan fingerprint density at radius 1 is 1.20 bits per heavy atom. The number of halogens is 1. The maximum Gasteiger partial charge on any atom is 0.145 e. The van der Waals surface area contributed by atoms with Gasteiger partial charge in [0.15, 0.2) is 0 Å². The second-order valence-electron chi connectivity index (χ2n) is 11.5. The molecule has 1 saturated heterocycles. The van der Waals surface area contributed by atoms with Crippen molar-refractivity contribution in [3.05, 3.63) is 59.2 Å². The molecule has 11 heteroatoms. The fraction of sp³-hybridized carbons (Fsp3) is 0.414. The van der Waals surface area contributed by atoms with E-state index in [1.54, 1.807) is 6.33 Å². The molecule has 9 nitrogen and oxygen atoms in total. The first-order chi connectivity index (χ1) is 19.3. The van der Waals surface area contributed by atoms with Crippen LogP contribution < -0.4 is 4.90 Å². The summed E-state index contributed by atoms with van der Waals surface area (Å²) >= 11 is 3.50. The van der Waals surface area contributed by atoms with Crippen molar-refractivity contribution in [1.82, 2.24) is 24.3 Å². The molecule has 0 N–H and O–H groups in total. The number of benzene rings is 1. The monoisotopic (exact) mass is 616 g/mol. The zero-order chi connectivity index (χ0) is 28.3. The van der Waals surface area contributed by atoms with Gasteiger partial charge in [0.2, 0.25) is 0 Å². The van der Waals surface area contributed by atoms with Gasteiger partial charge in [0.05, 0.1) is 41.7 Å². The average Bonchev–Trinajstić information content (AvgIpc) is 3.69. The van der Waals surface area contributed by atoms with Crippen LogP contribution in [0.3, 0.4) is 0 Å². The van der Waals surface area contributed by atoms with Gasteiger partial charge >= 0.3 is 0 Å². The third-order valence-electron chi connectivity index (χ3n) is 7.51. The smallest absolute Gasteiger partial charge is 0.145 e. The zero-order valence-electron chi connectivity index (χ0n) is 23.1. The van der Waals surface area contributed by atoms with Crippen molar-refractivity contribution >= 4 is 40.7 Å². The minimum atomic E-state index is -1.14. The van der Waals surface area contributed by atoms with E-state index in [0.717, 1.165) is 64.6 Å². The molecule has 1 unspecified atom stereocenters. The highest BCUT2D eigenvalue weighted by Gasteiger charge is 2.32. The second kappa shape index (κ2) is 11.9. The van der Waals surface area contributed by atoms with E-state index in [0.29, 0.717) is 18.7 Å². The lowest BCUT2D eigenvalue weighted by Gasteiger charge is -2.24. The second-order valence-corrected chi connectivity index (χ2v) is 17.9. The third-order valence-corrected chi connectivity index (χ3v) is 9.88. The van der Waals surface area contributed by atoms with Crippen molar-refractivity contribution < 1.29 is 4.74 Å². The topological polar surface area (TPSA) is 109 Å². The number of nitrogens with zero attached hydrogens (tertiary/aromatic N) is 8. The van der Waals surface area contributed by atoms with Gasteiger partial charge in [0, 0.05) is 61.5 Å². The Labute approximate surface area is 244 Å². The Morgan fingerprint density at radius 3 is 2.83 bits per heavy atom. The summed E-state index contributed by atoms with van der Waals surface area (Å²) in [5, 5.41) is 25.0. The lowest BCUT2D eigenvalue weighted by molar-refractivity contribution is 0.0899. The van der Waals surface area contributed by atoms with E-state index >= 15 is 0 Å². The van der Waals surface area contributed by atoms with Crippen LogP contribution in [0.2, 0.25) is 25.7 Å². The Bertz CT molecular complexity index is 1580. The normalized spacial score (nSPS) is 16.2. The number of hydrogen-bond acceptors (Lipinski definition) is 7. The van der Waals surface area contributed by atoms with Gasteiger partial charge < -0.3 is 14.2 Å². The molecule has 2 atom stereocenters. The largest absolute Gasteiger partial charge is 0.370 e.